The van der Waals surface area contributed by atoms with Gasteiger partial charge < -0.3 is 15.0 Å². The molecule has 2 aromatic rings. The Labute approximate surface area is 190 Å². The number of carbonyl (C=O) groups is 2. The molecule has 0 spiro atoms. The number of amides is 2. The lowest BCUT2D eigenvalue weighted by molar-refractivity contribution is -0.143. The van der Waals surface area contributed by atoms with Gasteiger partial charge in [0.05, 0.1) is 0 Å². The lowest BCUT2D eigenvalue weighted by Gasteiger charge is -2.30. The van der Waals surface area contributed by atoms with Gasteiger partial charge in [-0.05, 0) is 48.1 Å². The van der Waals surface area contributed by atoms with Crippen LogP contribution in [0.5, 0.6) is 5.75 Å². The van der Waals surface area contributed by atoms with E-state index in [4.69, 9.17) is 16.3 Å². The second kappa shape index (κ2) is 12.4. The van der Waals surface area contributed by atoms with E-state index in [0.717, 1.165) is 17.5 Å². The molecule has 0 aliphatic rings. The lowest BCUT2D eigenvalue weighted by Crippen LogP contribution is -2.50. The summed E-state index contributed by atoms with van der Waals surface area (Å²) in [6, 6.07) is 14.5. The number of hydrogen-bond acceptors (Lipinski definition) is 3. The van der Waals surface area contributed by atoms with Crippen molar-refractivity contribution >= 4 is 23.4 Å². The Balaban J connectivity index is 2.22. The first-order valence-corrected chi connectivity index (χ1v) is 11.3. The number of para-hydroxylation sites is 1. The van der Waals surface area contributed by atoms with Crippen LogP contribution in [0, 0.1) is 0 Å². The maximum atomic E-state index is 13.2. The first-order chi connectivity index (χ1) is 14.9. The molecule has 1 N–H and O–H groups in total. The molecule has 0 aromatic heterocycles. The number of rotatable bonds is 11. The van der Waals surface area contributed by atoms with E-state index in [2.05, 4.69) is 19.2 Å². The summed E-state index contributed by atoms with van der Waals surface area (Å²) in [5.41, 5.74) is 1.95. The van der Waals surface area contributed by atoms with Gasteiger partial charge in [0.25, 0.3) is 5.91 Å². The van der Waals surface area contributed by atoms with E-state index < -0.39 is 6.04 Å². The van der Waals surface area contributed by atoms with Crippen LogP contribution in [0.2, 0.25) is 5.02 Å². The van der Waals surface area contributed by atoms with E-state index in [0.29, 0.717) is 30.3 Å². The van der Waals surface area contributed by atoms with E-state index in [1.165, 1.54) is 0 Å². The molecule has 6 heteroatoms. The van der Waals surface area contributed by atoms with Crippen LogP contribution in [0.15, 0.2) is 48.5 Å². The monoisotopic (exact) mass is 444 g/mol. The molecule has 1 atom stereocenters. The van der Waals surface area contributed by atoms with Crippen molar-refractivity contribution < 1.29 is 14.3 Å². The van der Waals surface area contributed by atoms with E-state index in [1.807, 2.05) is 50.2 Å². The molecule has 0 aliphatic heterocycles. The van der Waals surface area contributed by atoms with E-state index >= 15 is 0 Å². The quantitative estimate of drug-likeness (QED) is 0.519. The van der Waals surface area contributed by atoms with Gasteiger partial charge in [-0.15, -0.1) is 0 Å². The van der Waals surface area contributed by atoms with E-state index in [-0.39, 0.29) is 24.3 Å². The summed E-state index contributed by atoms with van der Waals surface area (Å²) in [5, 5.41) is 3.54. The Morgan fingerprint density at radius 3 is 2.35 bits per heavy atom. The molecule has 2 amide bonds. The molecule has 0 radical (unpaired) electrons. The van der Waals surface area contributed by atoms with Crippen LogP contribution in [0.1, 0.15) is 57.6 Å². The van der Waals surface area contributed by atoms with Crippen LogP contribution >= 0.6 is 11.6 Å². The molecule has 168 valence electrons. The van der Waals surface area contributed by atoms with Gasteiger partial charge in [0.1, 0.15) is 11.8 Å². The average Bonchev–Trinajstić information content (AvgIpc) is 2.77. The maximum Gasteiger partial charge on any atom is 0.261 e. The number of ether oxygens (including phenoxy) is 1. The van der Waals surface area contributed by atoms with Crippen molar-refractivity contribution in [2.45, 2.75) is 59.0 Å². The third-order valence-corrected chi connectivity index (χ3v) is 5.35. The molecule has 31 heavy (non-hydrogen) atoms. The zero-order chi connectivity index (χ0) is 22.8. The number of halogens is 1. The fraction of sp³-hybridized carbons (Fsp3) is 0.440. The predicted molar refractivity (Wildman–Crippen MR) is 125 cm³/mol. The highest BCUT2D eigenvalue weighted by Gasteiger charge is 2.29. The fourth-order valence-electron chi connectivity index (χ4n) is 3.38. The largest absolute Gasteiger partial charge is 0.483 e. The van der Waals surface area contributed by atoms with Gasteiger partial charge >= 0.3 is 0 Å². The van der Waals surface area contributed by atoms with Crippen molar-refractivity contribution in [3.63, 3.8) is 0 Å². The SMILES string of the molecule is CCCNC(=O)C(CC)N(Cc1ccc(Cl)cc1)C(=O)COc1ccccc1C(C)C. The topological polar surface area (TPSA) is 58.6 Å². The van der Waals surface area contributed by atoms with Gasteiger partial charge in [0.2, 0.25) is 5.91 Å². The van der Waals surface area contributed by atoms with Crippen LogP contribution in [-0.4, -0.2) is 35.9 Å². The number of benzene rings is 2. The number of hydrogen-bond donors (Lipinski definition) is 1. The lowest BCUT2D eigenvalue weighted by atomic mass is 10.0. The summed E-state index contributed by atoms with van der Waals surface area (Å²) in [6.07, 6.45) is 1.35. The van der Waals surface area contributed by atoms with Gasteiger partial charge in [0, 0.05) is 18.1 Å². The Bertz CT molecular complexity index is 852. The van der Waals surface area contributed by atoms with Crippen molar-refractivity contribution in [3.8, 4) is 5.75 Å². The van der Waals surface area contributed by atoms with Crippen molar-refractivity contribution in [3.05, 3.63) is 64.7 Å². The highest BCUT2D eigenvalue weighted by molar-refractivity contribution is 6.30. The summed E-state index contributed by atoms with van der Waals surface area (Å²) in [6.45, 7) is 8.84. The molecule has 0 aliphatic carbocycles. The molecule has 0 bridgehead atoms. The minimum atomic E-state index is -0.571. The van der Waals surface area contributed by atoms with Gasteiger partial charge in [0.15, 0.2) is 6.61 Å². The Hall–Kier alpha value is -2.53. The van der Waals surface area contributed by atoms with Gasteiger partial charge in [-0.25, -0.2) is 0 Å². The smallest absolute Gasteiger partial charge is 0.261 e. The minimum Gasteiger partial charge on any atom is -0.483 e. The van der Waals surface area contributed by atoms with Crippen LogP contribution in [0.4, 0.5) is 0 Å². The molecule has 0 saturated carbocycles. The summed E-state index contributed by atoms with van der Waals surface area (Å²) in [5.74, 6) is 0.599. The van der Waals surface area contributed by atoms with Crippen LogP contribution < -0.4 is 10.1 Å². The molecule has 5 nitrogen and oxygen atoms in total. The molecule has 1 unspecified atom stereocenters. The average molecular weight is 445 g/mol. The molecule has 0 saturated heterocycles. The standard InChI is InChI=1S/C25H33ClN2O3/c1-5-15-27-25(30)22(6-2)28(16-19-11-13-20(26)14-12-19)24(29)17-31-23-10-8-7-9-21(23)18(3)4/h7-14,18,22H,5-6,15-17H2,1-4H3,(H,27,30). The van der Waals surface area contributed by atoms with Crippen LogP contribution in [0.3, 0.4) is 0 Å². The fourth-order valence-corrected chi connectivity index (χ4v) is 3.51. The third-order valence-electron chi connectivity index (χ3n) is 5.09. The van der Waals surface area contributed by atoms with E-state index in [1.54, 1.807) is 17.0 Å². The molecule has 2 rings (SSSR count). The predicted octanol–water partition coefficient (Wildman–Crippen LogP) is 5.18. The zero-order valence-corrected chi connectivity index (χ0v) is 19.6. The second-order valence-corrected chi connectivity index (χ2v) is 8.28. The van der Waals surface area contributed by atoms with Gasteiger partial charge in [-0.2, -0.15) is 0 Å². The molecular formula is C25H33ClN2O3. The molecule has 2 aromatic carbocycles. The number of nitrogens with zero attached hydrogens (tertiary/aromatic N) is 1. The first-order valence-electron chi connectivity index (χ1n) is 10.9. The van der Waals surface area contributed by atoms with Gasteiger partial charge in [-0.1, -0.05) is 69.6 Å². The van der Waals surface area contributed by atoms with E-state index in [9.17, 15) is 9.59 Å². The highest BCUT2D eigenvalue weighted by atomic mass is 35.5. The Morgan fingerprint density at radius 1 is 1.06 bits per heavy atom. The first kappa shape index (κ1) is 24.7. The molecule has 0 fully saturated rings. The molecular weight excluding hydrogens is 412 g/mol. The summed E-state index contributed by atoms with van der Waals surface area (Å²) in [7, 11) is 0. The Kier molecular flexibility index (Phi) is 9.86. The van der Waals surface area contributed by atoms with Crippen molar-refractivity contribution in [1.82, 2.24) is 10.2 Å². The highest BCUT2D eigenvalue weighted by Crippen LogP contribution is 2.26. The van der Waals surface area contributed by atoms with Gasteiger partial charge in [-0.3, -0.25) is 9.59 Å². The minimum absolute atomic E-state index is 0.130. The zero-order valence-electron chi connectivity index (χ0n) is 18.9. The summed E-state index contributed by atoms with van der Waals surface area (Å²) in [4.78, 5) is 27.6. The second-order valence-electron chi connectivity index (χ2n) is 7.84. The summed E-state index contributed by atoms with van der Waals surface area (Å²) >= 11 is 6.00. The Morgan fingerprint density at radius 2 is 1.74 bits per heavy atom. The third kappa shape index (κ3) is 7.28. The normalized spacial score (nSPS) is 11.8. The summed E-state index contributed by atoms with van der Waals surface area (Å²) < 4.78 is 5.91. The number of nitrogens with one attached hydrogen (secondary N) is 1. The number of carbonyl (C=O) groups excluding carboxylic acids is 2. The maximum absolute atomic E-state index is 13.2. The van der Waals surface area contributed by atoms with Crippen molar-refractivity contribution in [2.75, 3.05) is 13.2 Å². The molecule has 0 heterocycles. The van der Waals surface area contributed by atoms with Crippen molar-refractivity contribution in [1.29, 1.82) is 0 Å². The van der Waals surface area contributed by atoms with Crippen LogP contribution in [0.25, 0.3) is 0 Å². The van der Waals surface area contributed by atoms with Crippen LogP contribution in [-0.2, 0) is 16.1 Å². The van der Waals surface area contributed by atoms with Crippen molar-refractivity contribution in [2.24, 2.45) is 0 Å².